The van der Waals surface area contributed by atoms with Crippen molar-refractivity contribution in [2.45, 2.75) is 59.4 Å². The van der Waals surface area contributed by atoms with E-state index in [2.05, 4.69) is 99.9 Å². The molecule has 3 aromatic rings. The summed E-state index contributed by atoms with van der Waals surface area (Å²) in [6.45, 7) is 13.7. The number of aromatic nitrogens is 2. The number of rotatable bonds is 5. The first-order valence-corrected chi connectivity index (χ1v) is 9.46. The monoisotopic (exact) mass is 349 g/mol. The molecule has 0 aliphatic heterocycles. The van der Waals surface area contributed by atoms with E-state index in [0.29, 0.717) is 0 Å². The Morgan fingerprint density at radius 1 is 0.962 bits per heavy atom. The maximum absolute atomic E-state index is 4.97. The van der Waals surface area contributed by atoms with E-state index in [4.69, 9.17) is 4.98 Å². The van der Waals surface area contributed by atoms with Gasteiger partial charge in [0.15, 0.2) is 0 Å². The van der Waals surface area contributed by atoms with E-state index in [0.717, 1.165) is 23.6 Å². The van der Waals surface area contributed by atoms with E-state index in [1.54, 1.807) is 0 Å². The summed E-state index contributed by atoms with van der Waals surface area (Å²) in [5, 5.41) is 3.82. The summed E-state index contributed by atoms with van der Waals surface area (Å²) in [5.41, 5.74) is 3.59. The minimum Gasteiger partial charge on any atom is -0.365 e. The predicted octanol–water partition coefficient (Wildman–Crippen LogP) is 6.11. The van der Waals surface area contributed by atoms with Gasteiger partial charge < -0.3 is 5.32 Å². The fourth-order valence-electron chi connectivity index (χ4n) is 4.03. The molecule has 0 bridgehead atoms. The van der Waals surface area contributed by atoms with Crippen molar-refractivity contribution >= 4 is 11.5 Å². The van der Waals surface area contributed by atoms with Crippen molar-refractivity contribution in [3.05, 3.63) is 66.0 Å². The molecule has 0 amide bonds. The zero-order valence-electron chi connectivity index (χ0n) is 16.9. The van der Waals surface area contributed by atoms with Crippen LogP contribution in [0, 0.1) is 5.41 Å². The molecule has 0 fully saturated rings. The van der Waals surface area contributed by atoms with Crippen molar-refractivity contribution in [2.75, 3.05) is 5.32 Å². The van der Waals surface area contributed by atoms with Crippen molar-refractivity contribution in [3.63, 3.8) is 0 Å². The zero-order valence-corrected chi connectivity index (χ0v) is 16.9. The highest BCUT2D eigenvalue weighted by Crippen LogP contribution is 2.35. The van der Waals surface area contributed by atoms with E-state index >= 15 is 0 Å². The Balaban J connectivity index is 2.05. The SMILES string of the molecule is CC(c1ccccc1)c1nc2ccccn2c1NC(C)(C)CC(C)(C)C. The maximum Gasteiger partial charge on any atom is 0.138 e. The van der Waals surface area contributed by atoms with Gasteiger partial charge in [-0.1, -0.05) is 64.1 Å². The minimum absolute atomic E-state index is 0.0325. The van der Waals surface area contributed by atoms with E-state index in [-0.39, 0.29) is 16.9 Å². The second-order valence-electron chi connectivity index (χ2n) is 9.15. The van der Waals surface area contributed by atoms with Crippen LogP contribution >= 0.6 is 0 Å². The molecule has 3 nitrogen and oxygen atoms in total. The molecule has 26 heavy (non-hydrogen) atoms. The number of benzene rings is 1. The van der Waals surface area contributed by atoms with Crippen LogP contribution in [-0.4, -0.2) is 14.9 Å². The summed E-state index contributed by atoms with van der Waals surface area (Å²) in [6, 6.07) is 16.8. The summed E-state index contributed by atoms with van der Waals surface area (Å²) in [6.07, 6.45) is 3.16. The largest absolute Gasteiger partial charge is 0.365 e. The van der Waals surface area contributed by atoms with Crippen molar-refractivity contribution in [3.8, 4) is 0 Å². The third-order valence-electron chi connectivity index (χ3n) is 4.70. The van der Waals surface area contributed by atoms with Gasteiger partial charge in [-0.2, -0.15) is 0 Å². The first-order valence-electron chi connectivity index (χ1n) is 9.46. The molecule has 0 radical (unpaired) electrons. The number of nitrogens with one attached hydrogen (secondary N) is 1. The Morgan fingerprint density at radius 2 is 1.62 bits per heavy atom. The highest BCUT2D eigenvalue weighted by Gasteiger charge is 2.29. The van der Waals surface area contributed by atoms with Gasteiger partial charge in [-0.15, -0.1) is 0 Å². The number of pyridine rings is 1. The molecule has 0 aliphatic carbocycles. The van der Waals surface area contributed by atoms with Crippen molar-refractivity contribution < 1.29 is 0 Å². The maximum atomic E-state index is 4.97. The van der Waals surface area contributed by atoms with E-state index < -0.39 is 0 Å². The van der Waals surface area contributed by atoms with Gasteiger partial charge in [-0.3, -0.25) is 4.40 Å². The van der Waals surface area contributed by atoms with Crippen LogP contribution in [-0.2, 0) is 0 Å². The Morgan fingerprint density at radius 3 is 2.27 bits per heavy atom. The van der Waals surface area contributed by atoms with Crippen molar-refractivity contribution in [1.29, 1.82) is 0 Å². The number of anilines is 1. The lowest BCUT2D eigenvalue weighted by molar-refractivity contribution is 0.301. The van der Waals surface area contributed by atoms with Crippen molar-refractivity contribution in [2.24, 2.45) is 5.41 Å². The first-order chi connectivity index (χ1) is 12.2. The lowest BCUT2D eigenvalue weighted by Gasteiger charge is -2.34. The highest BCUT2D eigenvalue weighted by atomic mass is 15.2. The number of nitrogens with zero attached hydrogens (tertiary/aromatic N) is 2. The molecule has 0 saturated carbocycles. The third kappa shape index (κ3) is 4.09. The molecule has 2 heterocycles. The molecule has 0 aliphatic rings. The second kappa shape index (κ2) is 6.79. The van der Waals surface area contributed by atoms with Crippen LogP contribution in [0.4, 0.5) is 5.82 Å². The lowest BCUT2D eigenvalue weighted by atomic mass is 9.81. The standard InChI is InChI=1S/C23H31N3/c1-17(18-12-8-7-9-13-18)20-21(25-23(5,6)16-22(2,3)4)26-15-11-10-14-19(26)24-20/h7-15,17,25H,16H2,1-6H3. The Bertz CT molecular complexity index is 869. The molecule has 1 unspecified atom stereocenters. The van der Waals surface area contributed by atoms with Gasteiger partial charge in [0, 0.05) is 17.7 Å². The van der Waals surface area contributed by atoms with Crippen molar-refractivity contribution in [1.82, 2.24) is 9.38 Å². The molecular formula is C23H31N3. The summed E-state index contributed by atoms with van der Waals surface area (Å²) in [5.74, 6) is 1.33. The predicted molar refractivity (Wildman–Crippen MR) is 111 cm³/mol. The van der Waals surface area contributed by atoms with Gasteiger partial charge in [-0.05, 0) is 43.4 Å². The molecule has 0 saturated heterocycles. The summed E-state index contributed by atoms with van der Waals surface area (Å²) in [4.78, 5) is 4.97. The highest BCUT2D eigenvalue weighted by molar-refractivity contribution is 5.58. The Kier molecular flexibility index (Phi) is 4.83. The molecule has 138 valence electrons. The molecule has 3 rings (SSSR count). The van der Waals surface area contributed by atoms with Gasteiger partial charge >= 0.3 is 0 Å². The molecule has 3 heteroatoms. The van der Waals surface area contributed by atoms with Gasteiger partial charge in [0.2, 0.25) is 0 Å². The molecular weight excluding hydrogens is 318 g/mol. The number of fused-ring (bicyclic) bond motifs is 1. The van der Waals surface area contributed by atoms with Crippen LogP contribution < -0.4 is 5.32 Å². The Labute approximate surface area is 157 Å². The average Bonchev–Trinajstić information content (AvgIpc) is 2.91. The quantitative estimate of drug-likeness (QED) is 0.602. The summed E-state index contributed by atoms with van der Waals surface area (Å²) in [7, 11) is 0. The topological polar surface area (TPSA) is 29.3 Å². The number of imidazole rings is 1. The van der Waals surface area contributed by atoms with Crippen LogP contribution in [0.5, 0.6) is 0 Å². The molecule has 0 spiro atoms. The third-order valence-corrected chi connectivity index (χ3v) is 4.70. The first kappa shape index (κ1) is 18.5. The zero-order chi connectivity index (χ0) is 18.9. The lowest BCUT2D eigenvalue weighted by Crippen LogP contribution is -2.36. The van der Waals surface area contributed by atoms with Crippen LogP contribution in [0.3, 0.4) is 0 Å². The number of hydrogen-bond donors (Lipinski definition) is 1. The van der Waals surface area contributed by atoms with E-state index in [9.17, 15) is 0 Å². The molecule has 1 atom stereocenters. The normalized spacial score (nSPS) is 13.8. The van der Waals surface area contributed by atoms with Crippen LogP contribution in [0.2, 0.25) is 0 Å². The van der Waals surface area contributed by atoms with Crippen LogP contribution in [0.1, 0.15) is 65.1 Å². The summed E-state index contributed by atoms with van der Waals surface area (Å²) >= 11 is 0. The van der Waals surface area contributed by atoms with Gasteiger partial charge in [0.1, 0.15) is 11.5 Å². The minimum atomic E-state index is -0.0325. The van der Waals surface area contributed by atoms with Crippen LogP contribution in [0.25, 0.3) is 5.65 Å². The van der Waals surface area contributed by atoms with Gasteiger partial charge in [0.25, 0.3) is 0 Å². The second-order valence-corrected chi connectivity index (χ2v) is 9.15. The Hall–Kier alpha value is -2.29. The van der Waals surface area contributed by atoms with E-state index in [1.165, 1.54) is 5.56 Å². The smallest absolute Gasteiger partial charge is 0.138 e. The number of hydrogen-bond acceptors (Lipinski definition) is 2. The van der Waals surface area contributed by atoms with Gasteiger partial charge in [-0.25, -0.2) is 4.98 Å². The van der Waals surface area contributed by atoms with Gasteiger partial charge in [0.05, 0.1) is 5.69 Å². The van der Waals surface area contributed by atoms with Crippen LogP contribution in [0.15, 0.2) is 54.7 Å². The molecule has 2 aromatic heterocycles. The average molecular weight is 350 g/mol. The fraction of sp³-hybridized carbons (Fsp3) is 0.435. The fourth-order valence-corrected chi connectivity index (χ4v) is 4.03. The molecule has 1 aromatic carbocycles. The summed E-state index contributed by atoms with van der Waals surface area (Å²) < 4.78 is 2.18. The molecule has 1 N–H and O–H groups in total. The van der Waals surface area contributed by atoms with E-state index in [1.807, 2.05) is 6.07 Å².